The number of likely N-dealkylation sites (tertiary alicyclic amines) is 1. The first-order valence-electron chi connectivity index (χ1n) is 6.35. The first-order valence-corrected chi connectivity index (χ1v) is 6.35. The van der Waals surface area contributed by atoms with Gasteiger partial charge in [-0.1, -0.05) is 20.8 Å². The predicted octanol–water partition coefficient (Wildman–Crippen LogP) is 2.95. The van der Waals surface area contributed by atoms with Crippen molar-refractivity contribution in [2.45, 2.75) is 46.1 Å². The quantitative estimate of drug-likeness (QED) is 0.717. The molecule has 0 amide bonds. The van der Waals surface area contributed by atoms with Gasteiger partial charge in [-0.2, -0.15) is 0 Å². The van der Waals surface area contributed by atoms with Crippen LogP contribution in [-0.4, -0.2) is 43.8 Å². The number of hydrogen-bond donors (Lipinski definition) is 0. The van der Waals surface area contributed by atoms with Gasteiger partial charge in [-0.15, -0.1) is 6.54 Å². The van der Waals surface area contributed by atoms with E-state index >= 15 is 0 Å². The van der Waals surface area contributed by atoms with E-state index in [1.165, 1.54) is 32.5 Å². The van der Waals surface area contributed by atoms with Crippen LogP contribution < -0.4 is 0 Å². The number of piperidine rings is 1. The Morgan fingerprint density at radius 1 is 1.25 bits per heavy atom. The minimum absolute atomic E-state index is 0. The van der Waals surface area contributed by atoms with E-state index in [1.54, 1.807) is 0 Å². The summed E-state index contributed by atoms with van der Waals surface area (Å²) in [5.41, 5.74) is 6.99. The SMILES string of the molecule is CC.CCN1CCC(OCCC[NH-])CC1.[V]. The Kier molecular flexibility index (Phi) is 15.9. The largest absolute Gasteiger partial charge is 0.677 e. The maximum absolute atomic E-state index is 6.99. The van der Waals surface area contributed by atoms with Gasteiger partial charge in [-0.3, -0.25) is 0 Å². The summed E-state index contributed by atoms with van der Waals surface area (Å²) >= 11 is 0. The fourth-order valence-corrected chi connectivity index (χ4v) is 1.71. The zero-order valence-electron chi connectivity index (χ0n) is 11.0. The van der Waals surface area contributed by atoms with Crippen LogP contribution in [0.5, 0.6) is 0 Å². The number of nitrogens with one attached hydrogen (secondary N) is 1. The Balaban J connectivity index is 0. The fourth-order valence-electron chi connectivity index (χ4n) is 1.71. The van der Waals surface area contributed by atoms with Crippen molar-refractivity contribution in [3.63, 3.8) is 0 Å². The van der Waals surface area contributed by atoms with Crippen LogP contribution in [0.3, 0.4) is 0 Å². The summed E-state index contributed by atoms with van der Waals surface area (Å²) < 4.78 is 5.67. The minimum Gasteiger partial charge on any atom is -0.677 e. The van der Waals surface area contributed by atoms with Crippen molar-refractivity contribution in [3.8, 4) is 0 Å². The van der Waals surface area contributed by atoms with Gasteiger partial charge in [0, 0.05) is 38.3 Å². The van der Waals surface area contributed by atoms with Gasteiger partial charge in [0.05, 0.1) is 6.10 Å². The van der Waals surface area contributed by atoms with Crippen LogP contribution in [0.2, 0.25) is 0 Å². The van der Waals surface area contributed by atoms with E-state index in [-0.39, 0.29) is 18.6 Å². The van der Waals surface area contributed by atoms with Gasteiger partial charge < -0.3 is 15.4 Å². The maximum atomic E-state index is 6.99. The summed E-state index contributed by atoms with van der Waals surface area (Å²) in [6, 6.07) is 0. The van der Waals surface area contributed by atoms with Gasteiger partial charge in [-0.25, -0.2) is 0 Å². The Labute approximate surface area is 113 Å². The first kappa shape index (κ1) is 18.8. The second-order valence-corrected chi connectivity index (χ2v) is 3.61. The summed E-state index contributed by atoms with van der Waals surface area (Å²) in [6.07, 6.45) is 3.69. The maximum Gasteiger partial charge on any atom is 0.0599 e. The molecule has 1 fully saturated rings. The van der Waals surface area contributed by atoms with Crippen molar-refractivity contribution in [3.05, 3.63) is 5.73 Å². The van der Waals surface area contributed by atoms with Crippen LogP contribution in [0.15, 0.2) is 0 Å². The average Bonchev–Trinajstić information content (AvgIpc) is 2.33. The molecule has 1 radical (unpaired) electrons. The fraction of sp³-hybridized carbons (Fsp3) is 1.00. The Morgan fingerprint density at radius 2 is 1.81 bits per heavy atom. The zero-order valence-corrected chi connectivity index (χ0v) is 12.4. The molecule has 0 saturated carbocycles. The van der Waals surface area contributed by atoms with Gasteiger partial charge in [0.2, 0.25) is 0 Å². The molecule has 0 aliphatic carbocycles. The first-order chi connectivity index (χ1) is 7.36. The summed E-state index contributed by atoms with van der Waals surface area (Å²) in [7, 11) is 0. The minimum atomic E-state index is 0. The molecule has 3 nitrogen and oxygen atoms in total. The molecule has 0 aromatic rings. The predicted molar refractivity (Wildman–Crippen MR) is 66.2 cm³/mol. The number of nitrogens with zero attached hydrogens (tertiary/aromatic N) is 1. The van der Waals surface area contributed by atoms with Gasteiger partial charge in [0.25, 0.3) is 0 Å². The molecule has 0 aromatic carbocycles. The summed E-state index contributed by atoms with van der Waals surface area (Å²) in [5.74, 6) is 0. The van der Waals surface area contributed by atoms with Crippen molar-refractivity contribution >= 4 is 0 Å². The molecule has 1 saturated heterocycles. The monoisotopic (exact) mass is 266 g/mol. The number of hydrogen-bond acceptors (Lipinski definition) is 2. The van der Waals surface area contributed by atoms with E-state index in [4.69, 9.17) is 10.5 Å². The Hall–Kier alpha value is 0.464. The summed E-state index contributed by atoms with van der Waals surface area (Å²) in [6.45, 7) is 11.0. The van der Waals surface area contributed by atoms with Crippen molar-refractivity contribution in [1.29, 1.82) is 0 Å². The zero-order chi connectivity index (χ0) is 11.5. The molecule has 0 bridgehead atoms. The molecule has 0 unspecified atom stereocenters. The number of rotatable bonds is 5. The summed E-state index contributed by atoms with van der Waals surface area (Å²) in [5, 5.41) is 0. The topological polar surface area (TPSA) is 36.3 Å². The smallest absolute Gasteiger partial charge is 0.0599 e. The molecule has 1 N–H and O–H groups in total. The van der Waals surface area contributed by atoms with E-state index in [2.05, 4.69) is 11.8 Å². The van der Waals surface area contributed by atoms with Crippen molar-refractivity contribution in [1.82, 2.24) is 4.90 Å². The normalized spacial score (nSPS) is 17.2. The van der Waals surface area contributed by atoms with Crippen LogP contribution >= 0.6 is 0 Å². The third-order valence-electron chi connectivity index (χ3n) is 2.66. The van der Waals surface area contributed by atoms with E-state index in [1.807, 2.05) is 13.8 Å². The van der Waals surface area contributed by atoms with Crippen molar-refractivity contribution < 1.29 is 23.3 Å². The van der Waals surface area contributed by atoms with Gasteiger partial charge >= 0.3 is 0 Å². The Morgan fingerprint density at radius 3 is 2.25 bits per heavy atom. The van der Waals surface area contributed by atoms with Crippen LogP contribution in [-0.2, 0) is 23.3 Å². The van der Waals surface area contributed by atoms with Gasteiger partial charge in [-0.05, 0) is 25.8 Å². The van der Waals surface area contributed by atoms with Crippen LogP contribution in [0.4, 0.5) is 0 Å². The molecule has 16 heavy (non-hydrogen) atoms. The van der Waals surface area contributed by atoms with Crippen LogP contribution in [0, 0.1) is 0 Å². The van der Waals surface area contributed by atoms with E-state index < -0.39 is 0 Å². The van der Waals surface area contributed by atoms with Crippen molar-refractivity contribution in [2.24, 2.45) is 0 Å². The molecule has 1 rings (SSSR count). The Bertz CT molecular complexity index is 125. The molecular weight excluding hydrogens is 239 g/mol. The standard InChI is InChI=1S/C10H21N2O.C2H6.V/c1-2-12-7-4-10(5-8-12)13-9-3-6-11;1-2;/h10-11H,2-9H2,1H3;1-2H3;/q-1;;. The number of ether oxygens (including phenoxy) is 1. The van der Waals surface area contributed by atoms with E-state index in [0.717, 1.165) is 13.0 Å². The third kappa shape index (κ3) is 8.60. The summed E-state index contributed by atoms with van der Waals surface area (Å²) in [4.78, 5) is 2.46. The molecule has 1 aliphatic rings. The molecule has 4 heteroatoms. The molecule has 0 atom stereocenters. The molecule has 97 valence electrons. The van der Waals surface area contributed by atoms with E-state index in [9.17, 15) is 0 Å². The molecule has 1 aliphatic heterocycles. The molecule has 1 heterocycles. The molecule has 0 aromatic heterocycles. The van der Waals surface area contributed by atoms with Crippen LogP contribution in [0.25, 0.3) is 5.73 Å². The second-order valence-electron chi connectivity index (χ2n) is 3.61. The second kappa shape index (κ2) is 13.5. The average molecular weight is 266 g/mol. The van der Waals surface area contributed by atoms with Crippen molar-refractivity contribution in [2.75, 3.05) is 32.8 Å². The molecular formula is C12H27N2OV-. The van der Waals surface area contributed by atoms with Gasteiger partial charge in [0.1, 0.15) is 0 Å². The van der Waals surface area contributed by atoms with E-state index in [0.29, 0.717) is 12.6 Å². The van der Waals surface area contributed by atoms with Gasteiger partial charge in [0.15, 0.2) is 0 Å². The third-order valence-corrected chi connectivity index (χ3v) is 2.66. The molecule has 0 spiro atoms. The van der Waals surface area contributed by atoms with Crippen LogP contribution in [0.1, 0.15) is 40.0 Å².